The molecule has 0 radical (unpaired) electrons. The van der Waals surface area contributed by atoms with Crippen LogP contribution >= 0.6 is 0 Å². The first-order valence-electron chi connectivity index (χ1n) is 4.45. The van der Waals surface area contributed by atoms with E-state index in [0.717, 1.165) is 14.7 Å². The molecule has 1 atom stereocenters. The van der Waals surface area contributed by atoms with Crippen LogP contribution in [0.5, 0.6) is 0 Å². The van der Waals surface area contributed by atoms with Crippen LogP contribution in [0.25, 0.3) is 0 Å². The van der Waals surface area contributed by atoms with Crippen molar-refractivity contribution in [2.24, 2.45) is 4.99 Å². The van der Waals surface area contributed by atoms with Crippen LogP contribution in [0.4, 0.5) is 9.59 Å². The van der Waals surface area contributed by atoms with Gasteiger partial charge in [0.1, 0.15) is 20.2 Å². The van der Waals surface area contributed by atoms with Crippen LogP contribution in [0.2, 0.25) is 0 Å². The Bertz CT molecular complexity index is 370. The van der Waals surface area contributed by atoms with Crippen LogP contribution in [-0.4, -0.2) is 74.3 Å². The van der Waals surface area contributed by atoms with Crippen LogP contribution in [0.1, 0.15) is 0 Å². The van der Waals surface area contributed by atoms with E-state index in [1.807, 2.05) is 0 Å². The number of aliphatic hydroxyl groups excluding tert-OH is 3. The Morgan fingerprint density at radius 1 is 1.06 bits per heavy atom. The molecule has 0 aromatic rings. The number of urea groups is 2. The number of fused-ring (bicyclic) bond motifs is 1. The maximum absolute atomic E-state index is 11.6. The van der Waals surface area contributed by atoms with Crippen LogP contribution in [0, 0.1) is 0 Å². The molecule has 2 aliphatic heterocycles. The van der Waals surface area contributed by atoms with Crippen molar-refractivity contribution in [3.8, 4) is 0 Å². The fraction of sp³-hybridized carbons (Fsp3) is 0.571. The average Bonchev–Trinajstić information content (AvgIpc) is 2.70. The fourth-order valence-electron chi connectivity index (χ4n) is 1.74. The number of amides is 4. The molecule has 0 aliphatic carbocycles. The number of nitrogens with zero attached hydrogens (tertiary/aromatic N) is 4. The molecule has 9 heteroatoms. The highest BCUT2D eigenvalue weighted by atomic mass is 16.3. The van der Waals surface area contributed by atoms with Gasteiger partial charge in [-0.15, -0.1) is 0 Å². The molecule has 1 fully saturated rings. The van der Waals surface area contributed by atoms with Gasteiger partial charge in [-0.1, -0.05) is 0 Å². The lowest BCUT2D eigenvalue weighted by molar-refractivity contribution is 0.0401. The molecule has 0 aromatic carbocycles. The zero-order chi connectivity index (χ0) is 11.9. The summed E-state index contributed by atoms with van der Waals surface area (Å²) in [5.74, 6) is 0.0144. The molecule has 2 rings (SSSR count). The normalized spacial score (nSPS) is 24.3. The van der Waals surface area contributed by atoms with Crippen molar-refractivity contribution in [2.45, 2.75) is 6.17 Å². The van der Waals surface area contributed by atoms with Crippen LogP contribution < -0.4 is 0 Å². The highest BCUT2D eigenvalue weighted by Gasteiger charge is 2.51. The first-order valence-corrected chi connectivity index (χ1v) is 4.45. The Hall–Kier alpha value is -1.71. The van der Waals surface area contributed by atoms with Gasteiger partial charge < -0.3 is 15.3 Å². The molecular weight excluding hydrogens is 220 g/mol. The van der Waals surface area contributed by atoms with Gasteiger partial charge in [0.15, 0.2) is 12.0 Å². The zero-order valence-corrected chi connectivity index (χ0v) is 8.15. The first kappa shape index (κ1) is 10.8. The van der Waals surface area contributed by atoms with Gasteiger partial charge in [0.05, 0.1) is 0 Å². The smallest absolute Gasteiger partial charge is 0.349 e. The van der Waals surface area contributed by atoms with Gasteiger partial charge in [0, 0.05) is 0 Å². The molecule has 2 heterocycles. The van der Waals surface area contributed by atoms with E-state index >= 15 is 0 Å². The minimum Gasteiger partial charge on any atom is -0.376 e. The molecule has 0 saturated carbocycles. The third-order valence-corrected chi connectivity index (χ3v) is 2.48. The molecule has 1 saturated heterocycles. The Balaban J connectivity index is 2.39. The van der Waals surface area contributed by atoms with Crippen molar-refractivity contribution in [1.82, 2.24) is 14.7 Å². The van der Waals surface area contributed by atoms with Gasteiger partial charge in [-0.2, -0.15) is 4.99 Å². The van der Waals surface area contributed by atoms with Crippen molar-refractivity contribution in [3.05, 3.63) is 0 Å². The Kier molecular flexibility index (Phi) is 2.50. The summed E-state index contributed by atoms with van der Waals surface area (Å²) < 4.78 is 0. The van der Waals surface area contributed by atoms with E-state index in [4.69, 9.17) is 15.3 Å². The summed E-state index contributed by atoms with van der Waals surface area (Å²) in [5, 5.41) is 27.0. The molecule has 4 amide bonds. The van der Waals surface area contributed by atoms with Gasteiger partial charge in [0.2, 0.25) is 0 Å². The van der Waals surface area contributed by atoms with Crippen molar-refractivity contribution in [2.75, 3.05) is 20.2 Å². The lowest BCUT2D eigenvalue weighted by Gasteiger charge is -2.25. The highest BCUT2D eigenvalue weighted by Crippen LogP contribution is 2.25. The number of carbonyl (C=O) groups excluding carboxylic acids is 2. The number of carbonyl (C=O) groups is 2. The second-order valence-corrected chi connectivity index (χ2v) is 3.20. The van der Waals surface area contributed by atoms with Gasteiger partial charge in [-0.3, -0.25) is 14.7 Å². The number of amidine groups is 1. The van der Waals surface area contributed by atoms with E-state index in [0.29, 0.717) is 0 Å². The number of rotatable bonds is 3. The maximum Gasteiger partial charge on any atom is 0.349 e. The molecule has 88 valence electrons. The summed E-state index contributed by atoms with van der Waals surface area (Å²) in [7, 11) is 0. The first-order chi connectivity index (χ1) is 7.65. The standard InChI is InChI=1S/C7H10N4O5/c12-1-9-4-5(11(3-14)7(9)16)10(2-13)6(15)8-4/h5,12-14H,1-3H2. The van der Waals surface area contributed by atoms with Crippen LogP contribution in [0.15, 0.2) is 4.99 Å². The number of aliphatic hydroxyl groups is 3. The summed E-state index contributed by atoms with van der Waals surface area (Å²) >= 11 is 0. The fourth-order valence-corrected chi connectivity index (χ4v) is 1.74. The van der Waals surface area contributed by atoms with E-state index < -0.39 is 38.4 Å². The summed E-state index contributed by atoms with van der Waals surface area (Å²) in [6, 6.07) is -1.38. The zero-order valence-electron chi connectivity index (χ0n) is 8.15. The highest BCUT2D eigenvalue weighted by molar-refractivity contribution is 6.14. The number of hydrogen-bond donors (Lipinski definition) is 3. The molecule has 9 nitrogen and oxygen atoms in total. The van der Waals surface area contributed by atoms with Crippen molar-refractivity contribution in [1.29, 1.82) is 0 Å². The van der Waals surface area contributed by atoms with Crippen molar-refractivity contribution >= 4 is 17.9 Å². The predicted molar refractivity (Wildman–Crippen MR) is 48.8 cm³/mol. The lowest BCUT2D eigenvalue weighted by Crippen LogP contribution is -2.47. The minimum absolute atomic E-state index is 0.0144. The lowest BCUT2D eigenvalue weighted by atomic mass is 10.4. The summed E-state index contributed by atoms with van der Waals surface area (Å²) in [4.78, 5) is 29.1. The largest absolute Gasteiger partial charge is 0.376 e. The van der Waals surface area contributed by atoms with E-state index in [1.54, 1.807) is 0 Å². The number of aliphatic imine (C=N–C) groups is 1. The molecule has 0 spiro atoms. The van der Waals surface area contributed by atoms with E-state index in [1.165, 1.54) is 0 Å². The van der Waals surface area contributed by atoms with Crippen molar-refractivity contribution in [3.63, 3.8) is 0 Å². The number of hydrogen-bond acceptors (Lipinski definition) is 5. The van der Waals surface area contributed by atoms with E-state index in [-0.39, 0.29) is 5.84 Å². The SMILES string of the molecule is O=C1N=C2C(N1CO)N(CO)C(=O)N2CO. The third-order valence-electron chi connectivity index (χ3n) is 2.48. The molecule has 2 aliphatic rings. The van der Waals surface area contributed by atoms with Crippen LogP contribution in [0.3, 0.4) is 0 Å². The summed E-state index contributed by atoms with van der Waals surface area (Å²) in [6.45, 7) is -1.90. The van der Waals surface area contributed by atoms with Gasteiger partial charge >= 0.3 is 12.1 Å². The quantitative estimate of drug-likeness (QED) is 0.505. The van der Waals surface area contributed by atoms with E-state index in [2.05, 4.69) is 4.99 Å². The monoisotopic (exact) mass is 230 g/mol. The second-order valence-electron chi connectivity index (χ2n) is 3.20. The second kappa shape index (κ2) is 3.70. The minimum atomic E-state index is -0.942. The Labute approximate surface area is 89.8 Å². The molecule has 16 heavy (non-hydrogen) atoms. The molecule has 1 unspecified atom stereocenters. The average molecular weight is 230 g/mol. The van der Waals surface area contributed by atoms with Gasteiger partial charge in [0.25, 0.3) is 0 Å². The Morgan fingerprint density at radius 3 is 2.19 bits per heavy atom. The van der Waals surface area contributed by atoms with Gasteiger partial charge in [-0.25, -0.2) is 9.59 Å². The predicted octanol–water partition coefficient (Wildman–Crippen LogP) is -2.27. The molecular formula is C7H10N4O5. The summed E-state index contributed by atoms with van der Waals surface area (Å²) in [5.41, 5.74) is 0. The molecule has 0 bridgehead atoms. The summed E-state index contributed by atoms with van der Waals surface area (Å²) in [6.07, 6.45) is -0.942. The molecule has 3 N–H and O–H groups in total. The topological polar surface area (TPSA) is 117 Å². The Morgan fingerprint density at radius 2 is 1.69 bits per heavy atom. The van der Waals surface area contributed by atoms with Crippen LogP contribution in [-0.2, 0) is 0 Å². The van der Waals surface area contributed by atoms with E-state index in [9.17, 15) is 9.59 Å². The third kappa shape index (κ3) is 1.19. The molecule has 0 aromatic heterocycles. The maximum atomic E-state index is 11.6. The van der Waals surface area contributed by atoms with Gasteiger partial charge in [-0.05, 0) is 0 Å². The van der Waals surface area contributed by atoms with Crippen molar-refractivity contribution < 1.29 is 24.9 Å².